The summed E-state index contributed by atoms with van der Waals surface area (Å²) in [4.78, 5) is 6.48. The number of likely N-dealkylation sites (tertiary alicyclic amines) is 1. The highest BCUT2D eigenvalue weighted by Gasteiger charge is 2.34. The Morgan fingerprint density at radius 1 is 1.19 bits per heavy atom. The molecule has 1 aromatic heterocycles. The number of hydrogen-bond donors (Lipinski definition) is 2. The number of rotatable bonds is 8. The van der Waals surface area contributed by atoms with Gasteiger partial charge in [-0.05, 0) is 47.5 Å². The van der Waals surface area contributed by atoms with Gasteiger partial charge in [0.2, 0.25) is 0 Å². The third kappa shape index (κ3) is 5.05. The second-order valence-corrected chi connectivity index (χ2v) is 10.4. The summed E-state index contributed by atoms with van der Waals surface area (Å²) >= 11 is 2.38. The van der Waals surface area contributed by atoms with E-state index in [0.717, 1.165) is 30.6 Å². The second kappa shape index (κ2) is 9.33. The summed E-state index contributed by atoms with van der Waals surface area (Å²) < 4.78 is 47.0. The molecule has 3 aromatic rings. The predicted octanol–water partition coefficient (Wildman–Crippen LogP) is 6.44. The summed E-state index contributed by atoms with van der Waals surface area (Å²) in [5.41, 5.74) is 3.83. The van der Waals surface area contributed by atoms with Crippen LogP contribution >= 0.6 is 23.3 Å². The molecule has 0 bridgehead atoms. The number of aromatic nitrogens is 1. The third-order valence-electron chi connectivity index (χ3n) is 5.41. The Labute approximate surface area is 194 Å². The summed E-state index contributed by atoms with van der Waals surface area (Å²) in [6.07, 6.45) is 0. The van der Waals surface area contributed by atoms with Crippen molar-refractivity contribution in [3.05, 3.63) is 69.3 Å². The molecule has 0 amide bonds. The van der Waals surface area contributed by atoms with E-state index < -0.39 is 11.6 Å². The molecule has 1 aliphatic heterocycles. The van der Waals surface area contributed by atoms with Gasteiger partial charge in [-0.3, -0.25) is 4.90 Å². The fourth-order valence-corrected chi connectivity index (χ4v) is 5.28. The van der Waals surface area contributed by atoms with Crippen LogP contribution < -0.4 is 10.0 Å². The van der Waals surface area contributed by atoms with Crippen LogP contribution in [0.3, 0.4) is 0 Å². The van der Waals surface area contributed by atoms with E-state index >= 15 is 0 Å². The largest absolute Gasteiger partial charge is 0.378 e. The minimum Gasteiger partial charge on any atom is -0.378 e. The molecule has 0 spiro atoms. The normalized spacial score (nSPS) is 15.4. The Bertz CT molecular complexity index is 1100. The van der Waals surface area contributed by atoms with Gasteiger partial charge in [0.25, 0.3) is 0 Å². The molecule has 1 saturated heterocycles. The quantitative estimate of drug-likeness (QED) is 0.365. The van der Waals surface area contributed by atoms with Crippen molar-refractivity contribution in [1.29, 1.82) is 0 Å². The van der Waals surface area contributed by atoms with Gasteiger partial charge < -0.3 is 10.0 Å². The highest BCUT2D eigenvalue weighted by Crippen LogP contribution is 2.34. The first-order valence-corrected chi connectivity index (χ1v) is 12.0. The summed E-state index contributed by atoms with van der Waals surface area (Å²) in [6, 6.07) is 6.51. The van der Waals surface area contributed by atoms with Crippen LogP contribution in [0.4, 0.5) is 24.7 Å². The minimum atomic E-state index is -0.986. The molecule has 9 heteroatoms. The zero-order valence-corrected chi connectivity index (χ0v) is 19.8. The average Bonchev–Trinajstić information content (AvgIpc) is 3.23. The maximum Gasteiger partial charge on any atom is 0.183 e. The first kappa shape index (κ1) is 22.9. The number of thiazole rings is 1. The van der Waals surface area contributed by atoms with Gasteiger partial charge in [0.05, 0.1) is 16.1 Å². The van der Waals surface area contributed by atoms with Crippen LogP contribution in [0.5, 0.6) is 0 Å². The first-order valence-electron chi connectivity index (χ1n) is 10.3. The molecule has 0 saturated carbocycles. The topological polar surface area (TPSA) is 40.2 Å². The number of halogens is 3. The summed E-state index contributed by atoms with van der Waals surface area (Å²) in [7, 11) is 0. The maximum absolute atomic E-state index is 14.8. The molecule has 32 heavy (non-hydrogen) atoms. The van der Waals surface area contributed by atoms with Crippen LogP contribution in [-0.2, 0) is 13.1 Å². The van der Waals surface area contributed by atoms with Gasteiger partial charge >= 0.3 is 0 Å². The van der Waals surface area contributed by atoms with E-state index in [4.69, 9.17) is 0 Å². The van der Waals surface area contributed by atoms with Gasteiger partial charge in [0.15, 0.2) is 11.6 Å². The molecule has 2 N–H and O–H groups in total. The minimum absolute atomic E-state index is 0.0114. The number of anilines is 2. The molecule has 0 radical (unpaired) electrons. The van der Waals surface area contributed by atoms with Crippen molar-refractivity contribution in [2.24, 2.45) is 5.41 Å². The predicted molar refractivity (Wildman–Crippen MR) is 125 cm³/mol. The van der Waals surface area contributed by atoms with E-state index in [1.54, 1.807) is 29.9 Å². The molecule has 1 fully saturated rings. The zero-order chi connectivity index (χ0) is 22.9. The lowest BCUT2D eigenvalue weighted by atomic mass is 9.84. The number of hydrogen-bond acceptors (Lipinski definition) is 6. The molecular weight excluding hydrogens is 453 g/mol. The van der Waals surface area contributed by atoms with E-state index in [-0.39, 0.29) is 28.4 Å². The molecule has 4 nitrogen and oxygen atoms in total. The van der Waals surface area contributed by atoms with E-state index in [2.05, 4.69) is 33.8 Å². The van der Waals surface area contributed by atoms with Crippen LogP contribution in [0.2, 0.25) is 0 Å². The standard InChI is InChI=1S/C23H25F3N4S2/c1-14-7-18(20(25)21(26)22(14)32-29-19-10-31-13-28-19)27-8-16-15(5-4-6-17(16)24)9-30-11-23(2,3)12-30/h4-7,10,13,27,29H,8-9,11-12H2,1-3H3. The van der Waals surface area contributed by atoms with Crippen LogP contribution in [-0.4, -0.2) is 23.0 Å². The lowest BCUT2D eigenvalue weighted by Gasteiger charge is -2.46. The van der Waals surface area contributed by atoms with Crippen molar-refractivity contribution in [3.8, 4) is 0 Å². The third-order valence-corrected chi connectivity index (χ3v) is 7.01. The van der Waals surface area contributed by atoms with Crippen molar-refractivity contribution < 1.29 is 13.2 Å². The summed E-state index contributed by atoms with van der Waals surface area (Å²) in [6.45, 7) is 8.70. The number of benzene rings is 2. The highest BCUT2D eigenvalue weighted by molar-refractivity contribution is 8.00. The smallest absolute Gasteiger partial charge is 0.183 e. The Kier molecular flexibility index (Phi) is 6.69. The Morgan fingerprint density at radius 2 is 1.97 bits per heavy atom. The molecule has 1 aliphatic rings. The van der Waals surface area contributed by atoms with Crippen LogP contribution in [0.15, 0.2) is 40.1 Å². The van der Waals surface area contributed by atoms with Crippen molar-refractivity contribution in [1.82, 2.24) is 9.88 Å². The molecule has 4 rings (SSSR count). The van der Waals surface area contributed by atoms with Crippen LogP contribution in [0.25, 0.3) is 0 Å². The van der Waals surface area contributed by atoms with Gasteiger partial charge in [-0.25, -0.2) is 18.2 Å². The number of nitrogens with zero attached hydrogens (tertiary/aromatic N) is 2. The molecular formula is C23H25F3N4S2. The lowest BCUT2D eigenvalue weighted by molar-refractivity contribution is 0.0240. The number of nitrogens with one attached hydrogen (secondary N) is 2. The SMILES string of the molecule is Cc1cc(NCc2c(F)cccc2CN2CC(C)(C)C2)c(F)c(F)c1SNc1cscn1. The van der Waals surface area contributed by atoms with Gasteiger partial charge in [-0.15, -0.1) is 11.3 Å². The summed E-state index contributed by atoms with van der Waals surface area (Å²) in [5, 5.41) is 4.68. The van der Waals surface area contributed by atoms with Gasteiger partial charge in [-0.2, -0.15) is 0 Å². The van der Waals surface area contributed by atoms with E-state index in [9.17, 15) is 13.2 Å². The Hall–Kier alpha value is -2.23. The van der Waals surface area contributed by atoms with Crippen molar-refractivity contribution in [2.45, 2.75) is 38.8 Å². The summed E-state index contributed by atoms with van der Waals surface area (Å²) in [5.74, 6) is -1.71. The van der Waals surface area contributed by atoms with E-state index in [0.29, 0.717) is 23.5 Å². The van der Waals surface area contributed by atoms with Crippen LogP contribution in [0, 0.1) is 29.8 Å². The highest BCUT2D eigenvalue weighted by atomic mass is 32.2. The Morgan fingerprint density at radius 3 is 2.66 bits per heavy atom. The monoisotopic (exact) mass is 478 g/mol. The van der Waals surface area contributed by atoms with Crippen LogP contribution in [0.1, 0.15) is 30.5 Å². The molecule has 2 aromatic carbocycles. The van der Waals surface area contributed by atoms with Crippen molar-refractivity contribution in [3.63, 3.8) is 0 Å². The molecule has 0 aliphatic carbocycles. The fraction of sp³-hybridized carbons (Fsp3) is 0.348. The van der Waals surface area contributed by atoms with Crippen molar-refractivity contribution in [2.75, 3.05) is 23.1 Å². The zero-order valence-electron chi connectivity index (χ0n) is 18.1. The van der Waals surface area contributed by atoms with Crippen molar-refractivity contribution >= 4 is 34.8 Å². The van der Waals surface area contributed by atoms with E-state index in [1.165, 1.54) is 17.4 Å². The molecule has 170 valence electrons. The molecule has 0 unspecified atom stereocenters. The fourth-order valence-electron chi connectivity index (χ4n) is 4.01. The average molecular weight is 479 g/mol. The van der Waals surface area contributed by atoms with Gasteiger partial charge in [-0.1, -0.05) is 26.0 Å². The molecule has 2 heterocycles. The Balaban J connectivity index is 1.48. The van der Waals surface area contributed by atoms with E-state index in [1.807, 2.05) is 6.07 Å². The van der Waals surface area contributed by atoms with Gasteiger partial charge in [0.1, 0.15) is 11.6 Å². The maximum atomic E-state index is 14.8. The molecule has 0 atom stereocenters. The second-order valence-electron chi connectivity index (χ2n) is 8.82. The first-order chi connectivity index (χ1) is 15.2. The number of aryl methyl sites for hydroxylation is 1. The lowest BCUT2D eigenvalue weighted by Crippen LogP contribution is -2.52. The van der Waals surface area contributed by atoms with Gasteiger partial charge in [0, 0.05) is 37.1 Å².